The van der Waals surface area contributed by atoms with E-state index in [0.717, 1.165) is 12.3 Å². The van der Waals surface area contributed by atoms with E-state index in [2.05, 4.69) is 48.6 Å². The third-order valence-corrected chi connectivity index (χ3v) is 3.38. The van der Waals surface area contributed by atoms with Crippen molar-refractivity contribution in [2.75, 3.05) is 6.61 Å². The van der Waals surface area contributed by atoms with E-state index in [1.165, 1.54) is 16.7 Å². The molecule has 92 valence electrons. The number of nitrogens with one attached hydrogen (secondary N) is 1. The highest BCUT2D eigenvalue weighted by atomic mass is 16.5. The summed E-state index contributed by atoms with van der Waals surface area (Å²) in [6, 6.07) is 17.0. The Morgan fingerprint density at radius 2 is 2.06 bits per heavy atom. The van der Waals surface area contributed by atoms with Gasteiger partial charge in [-0.2, -0.15) is 0 Å². The number of hydrogen-bond donors (Lipinski definition) is 1. The molecule has 1 unspecified atom stereocenters. The number of fused-ring (bicyclic) bond motifs is 1. The molecule has 2 nitrogen and oxygen atoms in total. The summed E-state index contributed by atoms with van der Waals surface area (Å²) in [6.07, 6.45) is 0. The summed E-state index contributed by atoms with van der Waals surface area (Å²) in [7, 11) is 0. The standard InChI is InChI=1S/C16H17NO/c1-12-5-4-7-14(9-12)18-11-16-15-8-3-2-6-13(15)10-17-16/h2-9,16-17H,10-11H2,1H3. The van der Waals surface area contributed by atoms with Gasteiger partial charge in [-0.05, 0) is 35.7 Å². The Hall–Kier alpha value is -1.80. The van der Waals surface area contributed by atoms with Crippen LogP contribution in [0.5, 0.6) is 5.75 Å². The zero-order valence-corrected chi connectivity index (χ0v) is 10.5. The van der Waals surface area contributed by atoms with Crippen molar-refractivity contribution in [3.8, 4) is 5.75 Å². The van der Waals surface area contributed by atoms with Gasteiger partial charge in [0.1, 0.15) is 12.4 Å². The fourth-order valence-electron chi connectivity index (χ4n) is 2.41. The third kappa shape index (κ3) is 2.24. The Kier molecular flexibility index (Phi) is 3.03. The molecule has 18 heavy (non-hydrogen) atoms. The first-order chi connectivity index (χ1) is 8.83. The van der Waals surface area contributed by atoms with Crippen LogP contribution in [0.2, 0.25) is 0 Å². The SMILES string of the molecule is Cc1cccc(OCC2NCc3ccccc32)c1. The van der Waals surface area contributed by atoms with Crippen LogP contribution in [0.3, 0.4) is 0 Å². The maximum Gasteiger partial charge on any atom is 0.119 e. The maximum absolute atomic E-state index is 5.87. The van der Waals surface area contributed by atoms with E-state index >= 15 is 0 Å². The van der Waals surface area contributed by atoms with Crippen molar-refractivity contribution in [2.45, 2.75) is 19.5 Å². The number of hydrogen-bond acceptors (Lipinski definition) is 2. The Morgan fingerprint density at radius 3 is 2.94 bits per heavy atom. The molecule has 0 saturated heterocycles. The Balaban J connectivity index is 1.69. The van der Waals surface area contributed by atoms with Gasteiger partial charge in [0.2, 0.25) is 0 Å². The molecule has 0 radical (unpaired) electrons. The summed E-state index contributed by atoms with van der Waals surface area (Å²) in [5, 5.41) is 3.48. The number of aryl methyl sites for hydroxylation is 1. The molecule has 1 aliphatic heterocycles. The van der Waals surface area contributed by atoms with Gasteiger partial charge in [0.25, 0.3) is 0 Å². The minimum Gasteiger partial charge on any atom is -0.492 e. The molecule has 0 aromatic heterocycles. The summed E-state index contributed by atoms with van der Waals surface area (Å²) in [4.78, 5) is 0. The van der Waals surface area contributed by atoms with Crippen molar-refractivity contribution in [1.29, 1.82) is 0 Å². The van der Waals surface area contributed by atoms with E-state index in [-0.39, 0.29) is 0 Å². The van der Waals surface area contributed by atoms with E-state index in [9.17, 15) is 0 Å². The molecule has 2 aromatic carbocycles. The van der Waals surface area contributed by atoms with E-state index in [1.807, 2.05) is 12.1 Å². The van der Waals surface area contributed by atoms with Crippen LogP contribution in [0.4, 0.5) is 0 Å². The molecule has 0 aliphatic carbocycles. The first-order valence-corrected chi connectivity index (χ1v) is 6.33. The van der Waals surface area contributed by atoms with E-state index in [4.69, 9.17) is 4.74 Å². The van der Waals surface area contributed by atoms with Crippen LogP contribution in [0.25, 0.3) is 0 Å². The monoisotopic (exact) mass is 239 g/mol. The van der Waals surface area contributed by atoms with Gasteiger partial charge in [-0.3, -0.25) is 0 Å². The van der Waals surface area contributed by atoms with E-state index in [0.29, 0.717) is 12.6 Å². The van der Waals surface area contributed by atoms with Crippen LogP contribution >= 0.6 is 0 Å². The number of ether oxygens (including phenoxy) is 1. The van der Waals surface area contributed by atoms with Gasteiger partial charge in [0.05, 0.1) is 6.04 Å². The molecule has 0 bridgehead atoms. The lowest BCUT2D eigenvalue weighted by Gasteiger charge is -2.14. The number of benzene rings is 2. The highest BCUT2D eigenvalue weighted by Crippen LogP contribution is 2.25. The quantitative estimate of drug-likeness (QED) is 0.888. The Labute approximate surface area is 108 Å². The van der Waals surface area contributed by atoms with Crippen LogP contribution in [0, 0.1) is 6.92 Å². The first kappa shape index (κ1) is 11.3. The van der Waals surface area contributed by atoms with Crippen LogP contribution in [-0.2, 0) is 6.54 Å². The topological polar surface area (TPSA) is 21.3 Å². The van der Waals surface area contributed by atoms with Crippen molar-refractivity contribution < 1.29 is 4.74 Å². The number of rotatable bonds is 3. The summed E-state index contributed by atoms with van der Waals surface area (Å²) in [5.41, 5.74) is 3.98. The van der Waals surface area contributed by atoms with Crippen molar-refractivity contribution in [3.05, 3.63) is 65.2 Å². The molecule has 1 atom stereocenters. The lowest BCUT2D eigenvalue weighted by molar-refractivity contribution is 0.273. The van der Waals surface area contributed by atoms with E-state index in [1.54, 1.807) is 0 Å². The fraction of sp³-hybridized carbons (Fsp3) is 0.250. The smallest absolute Gasteiger partial charge is 0.119 e. The average molecular weight is 239 g/mol. The predicted octanol–water partition coefficient (Wildman–Crippen LogP) is 3.22. The second kappa shape index (κ2) is 4.83. The largest absolute Gasteiger partial charge is 0.492 e. The van der Waals surface area contributed by atoms with Gasteiger partial charge in [-0.1, -0.05) is 36.4 Å². The fourth-order valence-corrected chi connectivity index (χ4v) is 2.41. The molecule has 3 rings (SSSR count). The molecule has 0 amide bonds. The highest BCUT2D eigenvalue weighted by Gasteiger charge is 2.21. The average Bonchev–Trinajstić information content (AvgIpc) is 2.80. The van der Waals surface area contributed by atoms with Crippen molar-refractivity contribution in [3.63, 3.8) is 0 Å². The predicted molar refractivity (Wildman–Crippen MR) is 72.7 cm³/mol. The molecular formula is C16H17NO. The molecule has 1 heterocycles. The molecular weight excluding hydrogens is 222 g/mol. The van der Waals surface area contributed by atoms with Crippen LogP contribution in [0.15, 0.2) is 48.5 Å². The van der Waals surface area contributed by atoms with Gasteiger partial charge >= 0.3 is 0 Å². The Morgan fingerprint density at radius 1 is 1.17 bits per heavy atom. The molecule has 0 saturated carbocycles. The molecule has 2 aromatic rings. The minimum atomic E-state index is 0.307. The third-order valence-electron chi connectivity index (χ3n) is 3.38. The zero-order valence-electron chi connectivity index (χ0n) is 10.5. The van der Waals surface area contributed by atoms with Gasteiger partial charge in [0, 0.05) is 6.54 Å². The van der Waals surface area contributed by atoms with E-state index < -0.39 is 0 Å². The lowest BCUT2D eigenvalue weighted by Crippen LogP contribution is -2.19. The first-order valence-electron chi connectivity index (χ1n) is 6.33. The minimum absolute atomic E-state index is 0.307. The second-order valence-electron chi connectivity index (χ2n) is 4.76. The molecule has 1 aliphatic rings. The molecule has 2 heteroatoms. The van der Waals surface area contributed by atoms with Crippen LogP contribution < -0.4 is 10.1 Å². The summed E-state index contributed by atoms with van der Waals surface area (Å²) in [5.74, 6) is 0.946. The maximum atomic E-state index is 5.87. The molecule has 0 fully saturated rings. The van der Waals surface area contributed by atoms with Gasteiger partial charge in [0.15, 0.2) is 0 Å². The molecule has 0 spiro atoms. The Bertz CT molecular complexity index is 550. The normalized spacial score (nSPS) is 17.5. The van der Waals surface area contributed by atoms with Gasteiger partial charge < -0.3 is 10.1 Å². The summed E-state index contributed by atoms with van der Waals surface area (Å²) >= 11 is 0. The lowest BCUT2D eigenvalue weighted by atomic mass is 10.1. The van der Waals surface area contributed by atoms with Crippen LogP contribution in [-0.4, -0.2) is 6.61 Å². The summed E-state index contributed by atoms with van der Waals surface area (Å²) < 4.78 is 5.87. The van der Waals surface area contributed by atoms with Gasteiger partial charge in [-0.25, -0.2) is 0 Å². The van der Waals surface area contributed by atoms with Crippen molar-refractivity contribution in [2.24, 2.45) is 0 Å². The van der Waals surface area contributed by atoms with Crippen LogP contribution in [0.1, 0.15) is 22.7 Å². The van der Waals surface area contributed by atoms with Crippen molar-refractivity contribution >= 4 is 0 Å². The van der Waals surface area contributed by atoms with Crippen molar-refractivity contribution in [1.82, 2.24) is 5.32 Å². The highest BCUT2D eigenvalue weighted by molar-refractivity contribution is 5.34. The zero-order chi connectivity index (χ0) is 12.4. The summed E-state index contributed by atoms with van der Waals surface area (Å²) in [6.45, 7) is 3.70. The second-order valence-corrected chi connectivity index (χ2v) is 4.76. The molecule has 1 N–H and O–H groups in total. The van der Waals surface area contributed by atoms with Gasteiger partial charge in [-0.15, -0.1) is 0 Å².